The van der Waals surface area contributed by atoms with Crippen LogP contribution in [0.25, 0.3) is 0 Å². The molecule has 0 spiro atoms. The summed E-state index contributed by atoms with van der Waals surface area (Å²) in [5.74, 6) is -1.04. The lowest BCUT2D eigenvalue weighted by atomic mass is 9.64. The standard InChI is InChI=1S/C13H22N2O4/c1-5-6-15(8-11(16)17)12(18)14-9-7-10(19-4)13(9,2)3/h5,9-10H,1,6-8H2,2-4H3,(H,14,18)(H,16,17). The van der Waals surface area contributed by atoms with Crippen LogP contribution in [0.4, 0.5) is 4.79 Å². The Labute approximate surface area is 113 Å². The van der Waals surface area contributed by atoms with Crippen molar-refractivity contribution in [1.82, 2.24) is 10.2 Å². The molecule has 6 heteroatoms. The van der Waals surface area contributed by atoms with Crippen molar-refractivity contribution in [1.29, 1.82) is 0 Å². The van der Waals surface area contributed by atoms with Gasteiger partial charge in [0, 0.05) is 25.1 Å². The van der Waals surface area contributed by atoms with Gasteiger partial charge in [0.15, 0.2) is 0 Å². The number of hydrogen-bond acceptors (Lipinski definition) is 3. The SMILES string of the molecule is C=CCN(CC(=O)O)C(=O)NC1CC(OC)C1(C)C. The number of amides is 2. The van der Waals surface area contributed by atoms with Gasteiger partial charge in [-0.05, 0) is 6.42 Å². The molecular formula is C13H22N2O4. The third-order valence-corrected chi connectivity index (χ3v) is 3.72. The lowest BCUT2D eigenvalue weighted by Gasteiger charge is -2.51. The number of ether oxygens (including phenoxy) is 1. The lowest BCUT2D eigenvalue weighted by molar-refractivity contribution is -0.137. The molecule has 6 nitrogen and oxygen atoms in total. The molecule has 2 amide bonds. The first-order valence-electron chi connectivity index (χ1n) is 6.23. The van der Waals surface area contributed by atoms with Crippen LogP contribution in [0.15, 0.2) is 12.7 Å². The number of nitrogens with one attached hydrogen (secondary N) is 1. The van der Waals surface area contributed by atoms with Crippen molar-refractivity contribution in [3.05, 3.63) is 12.7 Å². The van der Waals surface area contributed by atoms with Crippen molar-refractivity contribution in [3.63, 3.8) is 0 Å². The van der Waals surface area contributed by atoms with Gasteiger partial charge in [-0.25, -0.2) is 4.79 Å². The highest BCUT2D eigenvalue weighted by atomic mass is 16.5. The van der Waals surface area contributed by atoms with E-state index >= 15 is 0 Å². The normalized spacial score (nSPS) is 24.2. The summed E-state index contributed by atoms with van der Waals surface area (Å²) in [5, 5.41) is 11.6. The fourth-order valence-corrected chi connectivity index (χ4v) is 2.31. The molecule has 19 heavy (non-hydrogen) atoms. The molecule has 1 rings (SSSR count). The third kappa shape index (κ3) is 3.47. The van der Waals surface area contributed by atoms with E-state index in [1.807, 2.05) is 13.8 Å². The maximum absolute atomic E-state index is 12.0. The third-order valence-electron chi connectivity index (χ3n) is 3.72. The molecule has 1 fully saturated rings. The van der Waals surface area contributed by atoms with Crippen molar-refractivity contribution >= 4 is 12.0 Å². The Hall–Kier alpha value is -1.56. The van der Waals surface area contributed by atoms with Gasteiger partial charge in [0.05, 0.1) is 6.10 Å². The average Bonchev–Trinajstić information content (AvgIpc) is 2.32. The maximum atomic E-state index is 12.0. The fraction of sp³-hybridized carbons (Fsp3) is 0.692. The van der Waals surface area contributed by atoms with Gasteiger partial charge in [-0.15, -0.1) is 6.58 Å². The summed E-state index contributed by atoms with van der Waals surface area (Å²) in [5.41, 5.74) is -0.145. The summed E-state index contributed by atoms with van der Waals surface area (Å²) in [4.78, 5) is 23.9. The number of carboxylic acids is 1. The number of carbonyl (C=O) groups excluding carboxylic acids is 1. The van der Waals surface area contributed by atoms with Gasteiger partial charge in [0.25, 0.3) is 0 Å². The number of aliphatic carboxylic acids is 1. The van der Waals surface area contributed by atoms with Gasteiger partial charge >= 0.3 is 12.0 Å². The van der Waals surface area contributed by atoms with Crippen LogP contribution in [0.2, 0.25) is 0 Å². The summed E-state index contributed by atoms with van der Waals surface area (Å²) in [7, 11) is 1.65. The number of carboxylic acid groups (broad SMARTS) is 1. The summed E-state index contributed by atoms with van der Waals surface area (Å²) in [6, 6.07) is -0.388. The van der Waals surface area contributed by atoms with Gasteiger partial charge in [-0.2, -0.15) is 0 Å². The highest BCUT2D eigenvalue weighted by molar-refractivity contribution is 5.80. The Bertz CT molecular complexity index is 368. The molecule has 1 aliphatic rings. The molecule has 0 heterocycles. The Morgan fingerprint density at radius 2 is 2.21 bits per heavy atom. The molecule has 2 N–H and O–H groups in total. The predicted molar refractivity (Wildman–Crippen MR) is 70.9 cm³/mol. The summed E-state index contributed by atoms with van der Waals surface area (Å²) < 4.78 is 5.31. The molecule has 1 aliphatic carbocycles. The summed E-state index contributed by atoms with van der Waals surface area (Å²) >= 11 is 0. The van der Waals surface area contributed by atoms with Gasteiger partial charge in [-0.1, -0.05) is 19.9 Å². The monoisotopic (exact) mass is 270 g/mol. The van der Waals surface area contributed by atoms with Gasteiger partial charge in [-0.3, -0.25) is 4.79 Å². The molecule has 1 saturated carbocycles. The molecule has 0 aromatic carbocycles. The van der Waals surface area contributed by atoms with Gasteiger partial charge < -0.3 is 20.1 Å². The van der Waals surface area contributed by atoms with Crippen molar-refractivity contribution < 1.29 is 19.4 Å². The number of rotatable bonds is 6. The zero-order chi connectivity index (χ0) is 14.6. The van der Waals surface area contributed by atoms with Crippen LogP contribution in [0, 0.1) is 5.41 Å². The average molecular weight is 270 g/mol. The number of urea groups is 1. The van der Waals surface area contributed by atoms with Crippen LogP contribution in [-0.2, 0) is 9.53 Å². The second-order valence-electron chi connectivity index (χ2n) is 5.35. The van der Waals surface area contributed by atoms with Crippen molar-refractivity contribution in [2.75, 3.05) is 20.2 Å². The second-order valence-corrected chi connectivity index (χ2v) is 5.35. The largest absolute Gasteiger partial charge is 0.480 e. The minimum absolute atomic E-state index is 0.00828. The van der Waals surface area contributed by atoms with E-state index in [2.05, 4.69) is 11.9 Å². The Morgan fingerprint density at radius 1 is 1.58 bits per heavy atom. The Balaban J connectivity index is 2.58. The van der Waals surface area contributed by atoms with E-state index in [-0.39, 0.29) is 36.7 Å². The second kappa shape index (κ2) is 6.06. The smallest absolute Gasteiger partial charge is 0.323 e. The van der Waals surface area contributed by atoms with E-state index in [0.717, 1.165) is 6.42 Å². The maximum Gasteiger partial charge on any atom is 0.323 e. The van der Waals surface area contributed by atoms with Crippen LogP contribution >= 0.6 is 0 Å². The number of hydrogen-bond donors (Lipinski definition) is 2. The molecule has 2 unspecified atom stereocenters. The van der Waals surface area contributed by atoms with Crippen LogP contribution in [0.5, 0.6) is 0 Å². The van der Waals surface area contributed by atoms with Crippen LogP contribution in [0.3, 0.4) is 0 Å². The quantitative estimate of drug-likeness (QED) is 0.708. The minimum Gasteiger partial charge on any atom is -0.480 e. The number of methoxy groups -OCH3 is 1. The fourth-order valence-electron chi connectivity index (χ4n) is 2.31. The first-order chi connectivity index (χ1) is 8.82. The molecular weight excluding hydrogens is 248 g/mol. The Morgan fingerprint density at radius 3 is 2.63 bits per heavy atom. The lowest BCUT2D eigenvalue weighted by Crippen LogP contribution is -2.63. The highest BCUT2D eigenvalue weighted by Gasteiger charge is 2.49. The summed E-state index contributed by atoms with van der Waals surface area (Å²) in [6.07, 6.45) is 2.36. The van der Waals surface area contributed by atoms with Crippen molar-refractivity contribution in [2.45, 2.75) is 32.4 Å². The van der Waals surface area contributed by atoms with Crippen LogP contribution in [-0.4, -0.2) is 54.4 Å². The molecule has 0 saturated heterocycles. The minimum atomic E-state index is -1.04. The highest BCUT2D eigenvalue weighted by Crippen LogP contribution is 2.42. The predicted octanol–water partition coefficient (Wildman–Crippen LogP) is 1.08. The molecule has 0 aromatic heterocycles. The van der Waals surface area contributed by atoms with Crippen LogP contribution < -0.4 is 5.32 Å². The van der Waals surface area contributed by atoms with Crippen molar-refractivity contribution in [2.24, 2.45) is 5.41 Å². The van der Waals surface area contributed by atoms with Crippen molar-refractivity contribution in [3.8, 4) is 0 Å². The Kier molecular flexibility index (Phi) is 4.94. The van der Waals surface area contributed by atoms with E-state index in [4.69, 9.17) is 9.84 Å². The molecule has 0 radical (unpaired) electrons. The molecule has 0 aliphatic heterocycles. The molecule has 0 aromatic rings. The molecule has 2 atom stereocenters. The van der Waals surface area contributed by atoms with E-state index < -0.39 is 5.97 Å². The van der Waals surface area contributed by atoms with E-state index in [0.29, 0.717) is 0 Å². The van der Waals surface area contributed by atoms with E-state index in [1.165, 1.54) is 11.0 Å². The first-order valence-corrected chi connectivity index (χ1v) is 6.23. The van der Waals surface area contributed by atoms with Gasteiger partial charge in [0.2, 0.25) is 0 Å². The zero-order valence-electron chi connectivity index (χ0n) is 11.7. The molecule has 108 valence electrons. The van der Waals surface area contributed by atoms with E-state index in [1.54, 1.807) is 7.11 Å². The number of carbonyl (C=O) groups is 2. The summed E-state index contributed by atoms with van der Waals surface area (Å²) in [6.45, 7) is 7.43. The number of nitrogens with zero attached hydrogens (tertiary/aromatic N) is 1. The van der Waals surface area contributed by atoms with Crippen LogP contribution in [0.1, 0.15) is 20.3 Å². The topological polar surface area (TPSA) is 78.9 Å². The zero-order valence-corrected chi connectivity index (χ0v) is 11.7. The molecule has 0 bridgehead atoms. The van der Waals surface area contributed by atoms with Gasteiger partial charge in [0.1, 0.15) is 6.54 Å². The van der Waals surface area contributed by atoms with E-state index in [9.17, 15) is 9.59 Å². The first kappa shape index (κ1) is 15.5.